The Morgan fingerprint density at radius 1 is 1.71 bits per heavy atom. The summed E-state index contributed by atoms with van der Waals surface area (Å²) < 4.78 is 5.64. The Morgan fingerprint density at radius 2 is 2.29 bits per heavy atom. The molecule has 0 aliphatic carbocycles. The third-order valence-corrected chi connectivity index (χ3v) is 3.15. The van der Waals surface area contributed by atoms with E-state index in [1.165, 1.54) is 0 Å². The summed E-state index contributed by atoms with van der Waals surface area (Å²) >= 11 is 4.83. The second-order valence-electron chi connectivity index (χ2n) is 5.02. The zero-order valence-corrected chi connectivity index (χ0v) is 11.3. The number of aliphatic hydroxyl groups is 1. The van der Waals surface area contributed by atoms with E-state index in [-0.39, 0.29) is 23.6 Å². The van der Waals surface area contributed by atoms with Crippen molar-refractivity contribution in [2.24, 2.45) is 11.7 Å². The third kappa shape index (κ3) is 3.62. The number of rotatable bonds is 3. The molecule has 5 nitrogen and oxygen atoms in total. The zero-order chi connectivity index (χ0) is 13.2. The predicted octanol–water partition coefficient (Wildman–Crippen LogP) is -0.0931. The minimum atomic E-state index is -0.474. The second-order valence-corrected chi connectivity index (χ2v) is 5.50. The van der Waals surface area contributed by atoms with Gasteiger partial charge in [0.25, 0.3) is 0 Å². The number of hydrogen-bond donors (Lipinski definition) is 2. The molecule has 0 aromatic rings. The van der Waals surface area contributed by atoms with Crippen LogP contribution in [0.3, 0.4) is 0 Å². The van der Waals surface area contributed by atoms with Crippen LogP contribution in [0.15, 0.2) is 0 Å². The molecular formula is C11H20N2O3S. The van der Waals surface area contributed by atoms with Gasteiger partial charge in [-0.2, -0.15) is 0 Å². The summed E-state index contributed by atoms with van der Waals surface area (Å²) in [5, 5.41) is 9.16. The van der Waals surface area contributed by atoms with E-state index in [4.69, 9.17) is 27.8 Å². The summed E-state index contributed by atoms with van der Waals surface area (Å²) in [7, 11) is 0. The van der Waals surface area contributed by atoms with E-state index in [1.807, 2.05) is 13.8 Å². The Bertz CT molecular complexity index is 320. The Morgan fingerprint density at radius 3 is 2.76 bits per heavy atom. The summed E-state index contributed by atoms with van der Waals surface area (Å²) in [6.07, 6.45) is -0.346. The van der Waals surface area contributed by atoms with Crippen LogP contribution in [0.4, 0.5) is 0 Å². The van der Waals surface area contributed by atoms with Gasteiger partial charge in [-0.25, -0.2) is 0 Å². The molecule has 1 amide bonds. The molecule has 0 aromatic carbocycles. The smallest absolute Gasteiger partial charge is 0.232 e. The topological polar surface area (TPSA) is 75.8 Å². The van der Waals surface area contributed by atoms with Gasteiger partial charge in [-0.05, 0) is 20.8 Å². The van der Waals surface area contributed by atoms with Gasteiger partial charge in [0.1, 0.15) is 0 Å². The zero-order valence-electron chi connectivity index (χ0n) is 10.5. The number of thiocarbonyl (C=S) groups is 1. The number of nitrogens with zero attached hydrogens (tertiary/aromatic N) is 1. The van der Waals surface area contributed by atoms with Gasteiger partial charge in [0.2, 0.25) is 5.91 Å². The van der Waals surface area contributed by atoms with Crippen LogP contribution in [0.1, 0.15) is 20.8 Å². The van der Waals surface area contributed by atoms with Crippen molar-refractivity contribution in [2.75, 3.05) is 19.7 Å². The Balaban J connectivity index is 2.76. The van der Waals surface area contributed by atoms with E-state index in [1.54, 1.807) is 11.8 Å². The van der Waals surface area contributed by atoms with Crippen molar-refractivity contribution in [3.05, 3.63) is 0 Å². The van der Waals surface area contributed by atoms with Crippen LogP contribution in [-0.4, -0.2) is 52.3 Å². The molecule has 1 saturated heterocycles. The molecular weight excluding hydrogens is 240 g/mol. The largest absolute Gasteiger partial charge is 0.394 e. The normalized spacial score (nSPS) is 25.4. The number of nitrogens with two attached hydrogens (primary N) is 1. The van der Waals surface area contributed by atoms with Crippen LogP contribution in [0.2, 0.25) is 0 Å². The van der Waals surface area contributed by atoms with Crippen LogP contribution >= 0.6 is 12.2 Å². The molecule has 1 heterocycles. The molecule has 2 atom stereocenters. The molecule has 2 unspecified atom stereocenters. The van der Waals surface area contributed by atoms with Crippen molar-refractivity contribution in [2.45, 2.75) is 32.5 Å². The number of carbonyl (C=O) groups excluding carboxylic acids is 1. The number of hydrogen-bond acceptors (Lipinski definition) is 4. The highest BCUT2D eigenvalue weighted by Crippen LogP contribution is 2.22. The number of morpholine rings is 1. The summed E-state index contributed by atoms with van der Waals surface area (Å²) in [5.74, 6) is -0.578. The molecule has 98 valence electrons. The third-order valence-electron chi connectivity index (χ3n) is 2.79. The van der Waals surface area contributed by atoms with E-state index in [0.717, 1.165) is 0 Å². The fourth-order valence-corrected chi connectivity index (χ4v) is 2.05. The molecule has 0 saturated carbocycles. The number of carbonyl (C=O) groups is 1. The summed E-state index contributed by atoms with van der Waals surface area (Å²) in [5.41, 5.74) is 5.02. The lowest BCUT2D eigenvalue weighted by molar-refractivity contribution is -0.168. The van der Waals surface area contributed by atoms with Gasteiger partial charge in [-0.15, -0.1) is 0 Å². The van der Waals surface area contributed by atoms with E-state index >= 15 is 0 Å². The molecule has 0 bridgehead atoms. The van der Waals surface area contributed by atoms with E-state index in [0.29, 0.717) is 13.1 Å². The van der Waals surface area contributed by atoms with Gasteiger partial charge in [0.05, 0.1) is 29.2 Å². The molecule has 1 rings (SSSR count). The fraction of sp³-hybridized carbons (Fsp3) is 0.818. The van der Waals surface area contributed by atoms with Crippen LogP contribution in [0, 0.1) is 5.92 Å². The lowest BCUT2D eigenvalue weighted by Gasteiger charge is -2.43. The average Bonchev–Trinajstić information content (AvgIpc) is 2.24. The lowest BCUT2D eigenvalue weighted by atomic mass is 10.0. The standard InChI is InChI=1S/C11H20N2O3S/c1-7(9(12)17)10(15)13-4-8(5-14)16-11(2,3)6-13/h7-8,14H,4-6H2,1-3H3,(H2,12,17). The van der Waals surface area contributed by atoms with Gasteiger partial charge in [0.15, 0.2) is 0 Å². The van der Waals surface area contributed by atoms with Crippen molar-refractivity contribution in [1.29, 1.82) is 0 Å². The van der Waals surface area contributed by atoms with E-state index in [2.05, 4.69) is 0 Å². The van der Waals surface area contributed by atoms with Crippen LogP contribution in [0.5, 0.6) is 0 Å². The summed E-state index contributed by atoms with van der Waals surface area (Å²) in [6, 6.07) is 0. The first-order valence-electron chi connectivity index (χ1n) is 5.63. The van der Waals surface area contributed by atoms with Crippen LogP contribution in [-0.2, 0) is 9.53 Å². The van der Waals surface area contributed by atoms with Gasteiger partial charge in [0, 0.05) is 13.1 Å². The molecule has 1 fully saturated rings. The molecule has 3 N–H and O–H groups in total. The van der Waals surface area contributed by atoms with Crippen molar-refractivity contribution >= 4 is 23.1 Å². The predicted molar refractivity (Wildman–Crippen MR) is 68.6 cm³/mol. The minimum Gasteiger partial charge on any atom is -0.394 e. The molecule has 0 aromatic heterocycles. The van der Waals surface area contributed by atoms with Crippen molar-refractivity contribution in [1.82, 2.24) is 4.90 Å². The first-order chi connectivity index (χ1) is 7.76. The fourth-order valence-electron chi connectivity index (χ4n) is 1.95. The van der Waals surface area contributed by atoms with E-state index in [9.17, 15) is 4.79 Å². The second kappa shape index (κ2) is 5.29. The van der Waals surface area contributed by atoms with Crippen LogP contribution < -0.4 is 5.73 Å². The molecule has 0 spiro atoms. The van der Waals surface area contributed by atoms with E-state index < -0.39 is 11.5 Å². The first-order valence-corrected chi connectivity index (χ1v) is 6.04. The van der Waals surface area contributed by atoms with Crippen molar-refractivity contribution < 1.29 is 14.6 Å². The highest BCUT2D eigenvalue weighted by molar-refractivity contribution is 7.80. The number of aliphatic hydroxyl groups excluding tert-OH is 1. The van der Waals surface area contributed by atoms with Crippen molar-refractivity contribution in [3.8, 4) is 0 Å². The molecule has 1 aliphatic heterocycles. The molecule has 0 radical (unpaired) electrons. The maximum absolute atomic E-state index is 12.1. The number of ether oxygens (including phenoxy) is 1. The van der Waals surface area contributed by atoms with Gasteiger partial charge in [-0.3, -0.25) is 4.79 Å². The number of amides is 1. The van der Waals surface area contributed by atoms with Crippen molar-refractivity contribution in [3.63, 3.8) is 0 Å². The summed E-state index contributed by atoms with van der Waals surface area (Å²) in [4.78, 5) is 14.0. The average molecular weight is 260 g/mol. The lowest BCUT2D eigenvalue weighted by Crippen LogP contribution is -2.57. The highest BCUT2D eigenvalue weighted by Gasteiger charge is 2.36. The summed E-state index contributed by atoms with van der Waals surface area (Å²) in [6.45, 7) is 6.23. The van der Waals surface area contributed by atoms with Gasteiger partial charge in [-0.1, -0.05) is 12.2 Å². The highest BCUT2D eigenvalue weighted by atomic mass is 32.1. The Labute approximate surface area is 107 Å². The maximum atomic E-state index is 12.1. The molecule has 17 heavy (non-hydrogen) atoms. The minimum absolute atomic E-state index is 0.103. The quantitative estimate of drug-likeness (QED) is 0.693. The Kier molecular flexibility index (Phi) is 4.46. The maximum Gasteiger partial charge on any atom is 0.232 e. The molecule has 6 heteroatoms. The first kappa shape index (κ1) is 14.3. The monoisotopic (exact) mass is 260 g/mol. The van der Waals surface area contributed by atoms with Crippen LogP contribution in [0.25, 0.3) is 0 Å². The SMILES string of the molecule is CC(C(=O)N1CC(CO)OC(C)(C)C1)C(N)=S. The Hall–Kier alpha value is -0.720. The molecule has 1 aliphatic rings. The van der Waals surface area contributed by atoms with Gasteiger partial charge >= 0.3 is 0 Å². The van der Waals surface area contributed by atoms with Gasteiger partial charge < -0.3 is 20.5 Å².